The third kappa shape index (κ3) is 3.26. The van der Waals surface area contributed by atoms with Crippen molar-refractivity contribution < 1.29 is 0 Å². The standard InChI is InChI=1S/C16H22N4/c1-4-6-12-7-9-13(10-8-12)20-16-14(5-2)15(17-3)18-11-19-16/h7-11H,4-6H2,1-3H3,(H2,17,18,19,20). The van der Waals surface area contributed by atoms with Gasteiger partial charge in [0.25, 0.3) is 0 Å². The lowest BCUT2D eigenvalue weighted by Crippen LogP contribution is -2.04. The highest BCUT2D eigenvalue weighted by Crippen LogP contribution is 2.23. The van der Waals surface area contributed by atoms with Crippen molar-refractivity contribution in [2.24, 2.45) is 0 Å². The maximum atomic E-state index is 4.35. The van der Waals surface area contributed by atoms with E-state index in [0.29, 0.717) is 0 Å². The second-order valence-corrected chi connectivity index (χ2v) is 4.72. The lowest BCUT2D eigenvalue weighted by atomic mass is 10.1. The molecule has 20 heavy (non-hydrogen) atoms. The maximum absolute atomic E-state index is 4.35. The number of aromatic nitrogens is 2. The molecule has 0 unspecified atom stereocenters. The van der Waals surface area contributed by atoms with Crippen molar-refractivity contribution in [2.75, 3.05) is 17.7 Å². The van der Waals surface area contributed by atoms with Gasteiger partial charge in [0.1, 0.15) is 18.0 Å². The van der Waals surface area contributed by atoms with Crippen molar-refractivity contribution in [2.45, 2.75) is 33.1 Å². The zero-order valence-corrected chi connectivity index (χ0v) is 12.4. The van der Waals surface area contributed by atoms with Gasteiger partial charge < -0.3 is 10.6 Å². The fourth-order valence-corrected chi connectivity index (χ4v) is 2.25. The van der Waals surface area contributed by atoms with Crippen molar-refractivity contribution >= 4 is 17.3 Å². The third-order valence-corrected chi connectivity index (χ3v) is 3.29. The van der Waals surface area contributed by atoms with E-state index in [0.717, 1.165) is 35.7 Å². The summed E-state index contributed by atoms with van der Waals surface area (Å²) in [7, 11) is 1.88. The van der Waals surface area contributed by atoms with Crippen LogP contribution in [0.25, 0.3) is 0 Å². The van der Waals surface area contributed by atoms with E-state index in [1.807, 2.05) is 7.05 Å². The van der Waals surface area contributed by atoms with Crippen LogP contribution < -0.4 is 10.6 Å². The van der Waals surface area contributed by atoms with Gasteiger partial charge in [0.05, 0.1) is 0 Å². The topological polar surface area (TPSA) is 49.8 Å². The lowest BCUT2D eigenvalue weighted by molar-refractivity contribution is 0.922. The van der Waals surface area contributed by atoms with Crippen molar-refractivity contribution in [3.8, 4) is 0 Å². The molecule has 4 heteroatoms. The first kappa shape index (κ1) is 14.3. The molecule has 0 amide bonds. The summed E-state index contributed by atoms with van der Waals surface area (Å²) in [6, 6.07) is 8.53. The molecule has 106 valence electrons. The van der Waals surface area contributed by atoms with Crippen molar-refractivity contribution in [1.29, 1.82) is 0 Å². The van der Waals surface area contributed by atoms with E-state index in [-0.39, 0.29) is 0 Å². The molecule has 0 aliphatic rings. The Kier molecular flexibility index (Phi) is 4.93. The van der Waals surface area contributed by atoms with Crippen LogP contribution in [0.2, 0.25) is 0 Å². The van der Waals surface area contributed by atoms with Gasteiger partial charge in [0.2, 0.25) is 0 Å². The van der Waals surface area contributed by atoms with E-state index < -0.39 is 0 Å². The summed E-state index contributed by atoms with van der Waals surface area (Å²) in [5, 5.41) is 6.48. The quantitative estimate of drug-likeness (QED) is 0.838. The first-order chi connectivity index (χ1) is 9.78. The molecule has 0 fully saturated rings. The van der Waals surface area contributed by atoms with Crippen LogP contribution in [0.4, 0.5) is 17.3 Å². The van der Waals surface area contributed by atoms with Crippen LogP contribution in [0.1, 0.15) is 31.4 Å². The van der Waals surface area contributed by atoms with E-state index in [1.54, 1.807) is 6.33 Å². The Morgan fingerprint density at radius 3 is 2.30 bits per heavy atom. The molecule has 2 N–H and O–H groups in total. The molecular weight excluding hydrogens is 248 g/mol. The Bertz CT molecular complexity index is 549. The average molecular weight is 270 g/mol. The van der Waals surface area contributed by atoms with Gasteiger partial charge in [-0.1, -0.05) is 32.4 Å². The minimum Gasteiger partial charge on any atom is -0.373 e. The van der Waals surface area contributed by atoms with Crippen LogP contribution in [0.15, 0.2) is 30.6 Å². The van der Waals surface area contributed by atoms with E-state index in [4.69, 9.17) is 0 Å². The Morgan fingerprint density at radius 2 is 1.70 bits per heavy atom. The number of aryl methyl sites for hydroxylation is 1. The zero-order valence-electron chi connectivity index (χ0n) is 12.4. The first-order valence-electron chi connectivity index (χ1n) is 7.16. The molecule has 0 radical (unpaired) electrons. The number of rotatable bonds is 6. The second kappa shape index (κ2) is 6.89. The van der Waals surface area contributed by atoms with Crippen molar-refractivity contribution in [1.82, 2.24) is 9.97 Å². The van der Waals surface area contributed by atoms with E-state index in [2.05, 4.69) is 58.7 Å². The highest BCUT2D eigenvalue weighted by molar-refractivity contribution is 5.64. The molecule has 1 heterocycles. The van der Waals surface area contributed by atoms with Crippen LogP contribution >= 0.6 is 0 Å². The molecule has 2 rings (SSSR count). The summed E-state index contributed by atoms with van der Waals surface area (Å²) in [6.45, 7) is 4.30. The molecular formula is C16H22N4. The monoisotopic (exact) mass is 270 g/mol. The number of hydrogen-bond acceptors (Lipinski definition) is 4. The summed E-state index contributed by atoms with van der Waals surface area (Å²) in [4.78, 5) is 8.60. The minimum atomic E-state index is 0.870. The molecule has 1 aromatic heterocycles. The summed E-state index contributed by atoms with van der Waals surface area (Å²) >= 11 is 0. The molecule has 2 aromatic rings. The SMILES string of the molecule is CCCc1ccc(Nc2ncnc(NC)c2CC)cc1. The first-order valence-corrected chi connectivity index (χ1v) is 7.16. The minimum absolute atomic E-state index is 0.870. The van der Waals surface area contributed by atoms with Crippen LogP contribution in [0, 0.1) is 0 Å². The van der Waals surface area contributed by atoms with Crippen LogP contribution in [-0.2, 0) is 12.8 Å². The molecule has 0 saturated carbocycles. The molecule has 0 aliphatic heterocycles. The molecule has 4 nitrogen and oxygen atoms in total. The van der Waals surface area contributed by atoms with Gasteiger partial charge in [-0.15, -0.1) is 0 Å². The fourth-order valence-electron chi connectivity index (χ4n) is 2.25. The van der Waals surface area contributed by atoms with Crippen LogP contribution in [0.3, 0.4) is 0 Å². The average Bonchev–Trinajstić information content (AvgIpc) is 2.49. The van der Waals surface area contributed by atoms with E-state index >= 15 is 0 Å². The lowest BCUT2D eigenvalue weighted by Gasteiger charge is -2.13. The molecule has 0 spiro atoms. The number of anilines is 3. The van der Waals surface area contributed by atoms with Gasteiger partial charge in [-0.2, -0.15) is 0 Å². The van der Waals surface area contributed by atoms with Gasteiger partial charge in [-0.3, -0.25) is 0 Å². The Balaban J connectivity index is 2.21. The fraction of sp³-hybridized carbons (Fsp3) is 0.375. The second-order valence-electron chi connectivity index (χ2n) is 4.72. The molecule has 0 saturated heterocycles. The molecule has 0 bridgehead atoms. The van der Waals surface area contributed by atoms with Crippen molar-refractivity contribution in [3.05, 3.63) is 41.7 Å². The van der Waals surface area contributed by atoms with Gasteiger partial charge in [-0.25, -0.2) is 9.97 Å². The summed E-state index contributed by atoms with van der Waals surface area (Å²) in [5.74, 6) is 1.75. The predicted molar refractivity (Wildman–Crippen MR) is 84.7 cm³/mol. The Labute approximate surface area is 120 Å². The number of hydrogen-bond donors (Lipinski definition) is 2. The largest absolute Gasteiger partial charge is 0.373 e. The van der Waals surface area contributed by atoms with Crippen molar-refractivity contribution in [3.63, 3.8) is 0 Å². The molecule has 0 aliphatic carbocycles. The highest BCUT2D eigenvalue weighted by atomic mass is 15.1. The zero-order chi connectivity index (χ0) is 14.4. The number of nitrogens with one attached hydrogen (secondary N) is 2. The molecule has 1 aromatic carbocycles. The van der Waals surface area contributed by atoms with Gasteiger partial charge >= 0.3 is 0 Å². The number of benzene rings is 1. The summed E-state index contributed by atoms with van der Waals surface area (Å²) in [5.41, 5.74) is 3.53. The third-order valence-electron chi connectivity index (χ3n) is 3.29. The van der Waals surface area contributed by atoms with E-state index in [1.165, 1.54) is 12.0 Å². The van der Waals surface area contributed by atoms with Gasteiger partial charge in [0.15, 0.2) is 0 Å². The molecule has 0 atom stereocenters. The summed E-state index contributed by atoms with van der Waals surface area (Å²) in [6.07, 6.45) is 4.76. The van der Waals surface area contributed by atoms with Gasteiger partial charge in [0, 0.05) is 18.3 Å². The highest BCUT2D eigenvalue weighted by Gasteiger charge is 2.08. The normalized spacial score (nSPS) is 10.3. The maximum Gasteiger partial charge on any atom is 0.139 e. The van der Waals surface area contributed by atoms with Gasteiger partial charge in [-0.05, 0) is 30.5 Å². The van der Waals surface area contributed by atoms with Crippen LogP contribution in [0.5, 0.6) is 0 Å². The van der Waals surface area contributed by atoms with E-state index in [9.17, 15) is 0 Å². The Morgan fingerprint density at radius 1 is 1.00 bits per heavy atom. The smallest absolute Gasteiger partial charge is 0.139 e. The predicted octanol–water partition coefficient (Wildman–Crippen LogP) is 3.78. The van der Waals surface area contributed by atoms with Crippen LogP contribution in [-0.4, -0.2) is 17.0 Å². The Hall–Kier alpha value is -2.10. The summed E-state index contributed by atoms with van der Waals surface area (Å²) < 4.78 is 0. The number of nitrogens with zero attached hydrogens (tertiary/aromatic N) is 2.